The van der Waals surface area contributed by atoms with Gasteiger partial charge in [-0.05, 0) is 17.7 Å². The first-order valence-corrected chi connectivity index (χ1v) is 7.92. The van der Waals surface area contributed by atoms with Crippen molar-refractivity contribution in [2.75, 3.05) is 0 Å². The van der Waals surface area contributed by atoms with Crippen LogP contribution in [0.1, 0.15) is 17.0 Å². The number of hydrogen-bond acceptors (Lipinski definition) is 0. The molecule has 0 aliphatic rings. The summed E-state index contributed by atoms with van der Waals surface area (Å²) in [5.41, 5.74) is 2.36. The van der Waals surface area contributed by atoms with E-state index in [1.54, 1.807) is 6.07 Å². The molecule has 0 aliphatic heterocycles. The first-order chi connectivity index (χ1) is 10.6. The highest BCUT2D eigenvalue weighted by Gasteiger charge is 2.14. The first-order valence-electron chi connectivity index (χ1n) is 7.16. The maximum Gasteiger partial charge on any atom is 0.253 e. The molecule has 2 aromatic carbocycles. The molecule has 4 heteroatoms. The second kappa shape index (κ2) is 6.55. The number of halogens is 2. The molecule has 22 heavy (non-hydrogen) atoms. The van der Waals surface area contributed by atoms with Crippen LogP contribution in [0.25, 0.3) is 0 Å². The molecule has 0 amide bonds. The predicted molar refractivity (Wildman–Crippen MR) is 90.5 cm³/mol. The summed E-state index contributed by atoms with van der Waals surface area (Å²) in [7, 11) is 0. The van der Waals surface area contributed by atoms with Gasteiger partial charge in [0.15, 0.2) is 0 Å². The minimum Gasteiger partial charge on any atom is -0.230 e. The van der Waals surface area contributed by atoms with Crippen molar-refractivity contribution >= 4 is 23.2 Å². The summed E-state index contributed by atoms with van der Waals surface area (Å²) in [6.07, 6.45) is 4.19. The van der Waals surface area contributed by atoms with Crippen LogP contribution in [0, 0.1) is 6.92 Å². The van der Waals surface area contributed by atoms with Crippen LogP contribution in [0.2, 0.25) is 10.0 Å². The lowest BCUT2D eigenvalue weighted by Crippen LogP contribution is -2.36. The van der Waals surface area contributed by atoms with Crippen LogP contribution < -0.4 is 4.57 Å². The van der Waals surface area contributed by atoms with Crippen LogP contribution >= 0.6 is 23.2 Å². The van der Waals surface area contributed by atoms with Crippen LogP contribution in [0.15, 0.2) is 60.9 Å². The summed E-state index contributed by atoms with van der Waals surface area (Å²) in [5.74, 6) is 1.19. The fourth-order valence-corrected chi connectivity index (χ4v) is 2.96. The SMILES string of the molecule is Cc1n(Cc2ccc(Cl)cc2Cl)cc[n+]1Cc1ccccc1. The molecule has 1 heterocycles. The number of nitrogens with zero attached hydrogens (tertiary/aromatic N) is 2. The number of rotatable bonds is 4. The molecule has 0 saturated carbocycles. The van der Waals surface area contributed by atoms with E-state index >= 15 is 0 Å². The zero-order chi connectivity index (χ0) is 15.5. The number of hydrogen-bond donors (Lipinski definition) is 0. The highest BCUT2D eigenvalue weighted by molar-refractivity contribution is 6.35. The van der Waals surface area contributed by atoms with Gasteiger partial charge >= 0.3 is 0 Å². The summed E-state index contributed by atoms with van der Waals surface area (Å²) in [6.45, 7) is 3.73. The van der Waals surface area contributed by atoms with Gasteiger partial charge in [0.25, 0.3) is 5.82 Å². The standard InChI is InChI=1S/C18H17Cl2N2/c1-14-21(12-15-5-3-2-4-6-15)9-10-22(14)13-16-7-8-17(19)11-18(16)20/h2-11H,12-13H2,1H3/q+1. The van der Waals surface area contributed by atoms with Gasteiger partial charge in [-0.1, -0.05) is 59.6 Å². The zero-order valence-electron chi connectivity index (χ0n) is 12.3. The summed E-state index contributed by atoms with van der Waals surface area (Å²) < 4.78 is 4.43. The maximum atomic E-state index is 6.26. The van der Waals surface area contributed by atoms with E-state index in [-0.39, 0.29) is 0 Å². The van der Waals surface area contributed by atoms with Crippen LogP contribution in [0.5, 0.6) is 0 Å². The lowest BCUT2D eigenvalue weighted by Gasteiger charge is -2.04. The molecule has 1 aromatic heterocycles. The normalized spacial score (nSPS) is 10.9. The van der Waals surface area contributed by atoms with Crippen molar-refractivity contribution in [1.29, 1.82) is 0 Å². The van der Waals surface area contributed by atoms with Gasteiger partial charge in [-0.15, -0.1) is 0 Å². The molecule has 112 valence electrons. The lowest BCUT2D eigenvalue weighted by molar-refractivity contribution is -0.693. The van der Waals surface area contributed by atoms with E-state index in [4.69, 9.17) is 23.2 Å². The Morgan fingerprint density at radius 1 is 1.05 bits per heavy atom. The Morgan fingerprint density at radius 3 is 2.55 bits per heavy atom. The fraction of sp³-hybridized carbons (Fsp3) is 0.167. The van der Waals surface area contributed by atoms with E-state index < -0.39 is 0 Å². The van der Waals surface area contributed by atoms with E-state index in [2.05, 4.69) is 52.7 Å². The van der Waals surface area contributed by atoms with E-state index in [1.165, 1.54) is 11.4 Å². The highest BCUT2D eigenvalue weighted by atomic mass is 35.5. The number of imidazole rings is 1. The molecule has 3 rings (SSSR count). The van der Waals surface area contributed by atoms with Crippen molar-refractivity contribution in [3.05, 3.63) is 87.9 Å². The predicted octanol–water partition coefficient (Wildman–Crippen LogP) is 4.49. The minimum atomic E-state index is 0.664. The topological polar surface area (TPSA) is 8.81 Å². The van der Waals surface area contributed by atoms with E-state index in [1.807, 2.05) is 18.2 Å². The molecule has 0 aliphatic carbocycles. The Morgan fingerprint density at radius 2 is 1.82 bits per heavy atom. The third kappa shape index (κ3) is 3.34. The molecule has 2 nitrogen and oxygen atoms in total. The second-order valence-corrected chi connectivity index (χ2v) is 6.17. The Kier molecular flexibility index (Phi) is 4.51. The molecule has 0 unspecified atom stereocenters. The molecule has 0 saturated heterocycles. The van der Waals surface area contributed by atoms with Gasteiger partial charge in [-0.2, -0.15) is 0 Å². The molecule has 0 spiro atoms. The number of benzene rings is 2. The van der Waals surface area contributed by atoms with Crippen LogP contribution in [0.3, 0.4) is 0 Å². The first kappa shape index (κ1) is 15.1. The Bertz CT molecular complexity index is 779. The summed E-state index contributed by atoms with van der Waals surface area (Å²) in [6, 6.07) is 16.1. The van der Waals surface area contributed by atoms with Crippen molar-refractivity contribution in [3.8, 4) is 0 Å². The van der Waals surface area contributed by atoms with Crippen molar-refractivity contribution in [2.24, 2.45) is 0 Å². The van der Waals surface area contributed by atoms with Crippen LogP contribution in [-0.2, 0) is 13.1 Å². The smallest absolute Gasteiger partial charge is 0.230 e. The average Bonchev–Trinajstić information content (AvgIpc) is 2.84. The van der Waals surface area contributed by atoms with Crippen molar-refractivity contribution in [1.82, 2.24) is 4.57 Å². The maximum absolute atomic E-state index is 6.26. The summed E-state index contributed by atoms with van der Waals surface area (Å²) in [4.78, 5) is 0. The Hall–Kier alpha value is -1.77. The van der Waals surface area contributed by atoms with Gasteiger partial charge < -0.3 is 0 Å². The van der Waals surface area contributed by atoms with Gasteiger partial charge in [0, 0.05) is 22.5 Å². The van der Waals surface area contributed by atoms with Crippen LogP contribution in [0.4, 0.5) is 0 Å². The van der Waals surface area contributed by atoms with E-state index in [9.17, 15) is 0 Å². The van der Waals surface area contributed by atoms with Gasteiger partial charge in [0.05, 0.1) is 0 Å². The van der Waals surface area contributed by atoms with Gasteiger partial charge in [-0.25, -0.2) is 9.13 Å². The van der Waals surface area contributed by atoms with Crippen molar-refractivity contribution in [2.45, 2.75) is 20.0 Å². The van der Waals surface area contributed by atoms with Gasteiger partial charge in [0.2, 0.25) is 0 Å². The molecule has 0 bridgehead atoms. The molecule has 3 aromatic rings. The molecule has 0 fully saturated rings. The molecule has 0 radical (unpaired) electrons. The lowest BCUT2D eigenvalue weighted by atomic mass is 10.2. The van der Waals surface area contributed by atoms with Crippen molar-refractivity contribution in [3.63, 3.8) is 0 Å². The third-order valence-corrected chi connectivity index (χ3v) is 4.40. The fourth-order valence-electron chi connectivity index (χ4n) is 2.49. The van der Waals surface area contributed by atoms with Gasteiger partial charge in [-0.3, -0.25) is 0 Å². The molecular weight excluding hydrogens is 315 g/mol. The Labute approximate surface area is 140 Å². The zero-order valence-corrected chi connectivity index (χ0v) is 13.8. The van der Waals surface area contributed by atoms with Gasteiger partial charge in [0.1, 0.15) is 25.5 Å². The summed E-state index contributed by atoms with van der Waals surface area (Å²) in [5, 5.41) is 1.37. The molecular formula is C18H17Cl2N2+. The Balaban J connectivity index is 1.81. The average molecular weight is 332 g/mol. The molecule has 0 N–H and O–H groups in total. The van der Waals surface area contributed by atoms with E-state index in [0.717, 1.165) is 18.7 Å². The largest absolute Gasteiger partial charge is 0.253 e. The third-order valence-electron chi connectivity index (χ3n) is 3.81. The summed E-state index contributed by atoms with van der Waals surface area (Å²) >= 11 is 12.2. The minimum absolute atomic E-state index is 0.664. The van der Waals surface area contributed by atoms with Crippen molar-refractivity contribution < 1.29 is 4.57 Å². The second-order valence-electron chi connectivity index (χ2n) is 5.32. The quantitative estimate of drug-likeness (QED) is 0.623. The molecule has 0 atom stereocenters. The van der Waals surface area contributed by atoms with E-state index in [0.29, 0.717) is 10.0 Å². The highest BCUT2D eigenvalue weighted by Crippen LogP contribution is 2.22. The number of aromatic nitrogens is 2. The van der Waals surface area contributed by atoms with Crippen LogP contribution in [-0.4, -0.2) is 4.57 Å². The monoisotopic (exact) mass is 331 g/mol.